The zero-order valence-electron chi connectivity index (χ0n) is 29.5. The Morgan fingerprint density at radius 1 is 0.426 bits per heavy atom. The van der Waals surface area contributed by atoms with Crippen LogP contribution in [0.5, 0.6) is 34.5 Å². The van der Waals surface area contributed by atoms with Gasteiger partial charge in [-0.2, -0.15) is 0 Å². The average molecular weight is 729 g/mol. The third-order valence-corrected chi connectivity index (χ3v) is 12.8. The lowest BCUT2D eigenvalue weighted by molar-refractivity contribution is 0.288. The van der Waals surface area contributed by atoms with Gasteiger partial charge in [-0.1, -0.05) is 66.7 Å². The highest BCUT2D eigenvalue weighted by Crippen LogP contribution is 2.43. The first kappa shape index (κ1) is 33.4. The molecule has 8 heteroatoms. The van der Waals surface area contributed by atoms with E-state index in [0.29, 0.717) is 47.1 Å². The van der Waals surface area contributed by atoms with Crippen LogP contribution in [0.4, 0.5) is 11.4 Å². The van der Waals surface area contributed by atoms with Crippen molar-refractivity contribution in [3.8, 4) is 34.5 Å². The summed E-state index contributed by atoms with van der Waals surface area (Å²) < 4.78 is 39.9. The summed E-state index contributed by atoms with van der Waals surface area (Å²) in [7, 11) is -3.24. The molecule has 266 valence electrons. The van der Waals surface area contributed by atoms with E-state index in [4.69, 9.17) is 18.9 Å². The molecule has 0 saturated heterocycles. The molecular formula is C46H37N2O5P. The molecule has 0 unspecified atom stereocenters. The maximum absolute atomic E-state index is 15.3. The minimum Gasteiger partial charge on any atom is -0.473 e. The summed E-state index contributed by atoms with van der Waals surface area (Å²) in [6.45, 7) is 2.43. The molecule has 0 bridgehead atoms. The molecule has 0 aliphatic carbocycles. The van der Waals surface area contributed by atoms with Crippen molar-refractivity contribution in [3.63, 3.8) is 0 Å². The van der Waals surface area contributed by atoms with Crippen LogP contribution in [0.25, 0.3) is 0 Å². The monoisotopic (exact) mass is 728 g/mol. The van der Waals surface area contributed by atoms with Crippen LogP contribution >= 0.6 is 7.14 Å². The van der Waals surface area contributed by atoms with Crippen molar-refractivity contribution in [3.05, 3.63) is 187 Å². The average Bonchev–Trinajstić information content (AvgIpc) is 3.24. The molecule has 0 fully saturated rings. The summed E-state index contributed by atoms with van der Waals surface area (Å²) >= 11 is 0. The third kappa shape index (κ3) is 6.78. The van der Waals surface area contributed by atoms with E-state index >= 15 is 4.57 Å². The van der Waals surface area contributed by atoms with Crippen LogP contribution in [0.15, 0.2) is 176 Å². The van der Waals surface area contributed by atoms with Crippen LogP contribution in [0.2, 0.25) is 0 Å². The van der Waals surface area contributed by atoms with Crippen LogP contribution < -0.4 is 44.7 Å². The van der Waals surface area contributed by atoms with Gasteiger partial charge in [-0.3, -0.25) is 0 Å². The lowest BCUT2D eigenvalue weighted by atomic mass is 10.1. The molecule has 0 amide bonds. The first-order valence-electron chi connectivity index (χ1n) is 17.9. The molecule has 0 spiro atoms. The van der Waals surface area contributed by atoms with E-state index in [2.05, 4.69) is 34.1 Å². The molecule has 0 aromatic heterocycles. The van der Waals surface area contributed by atoms with Gasteiger partial charge in [0.1, 0.15) is 34.5 Å². The molecule has 9 rings (SSSR count). The van der Waals surface area contributed by atoms with Gasteiger partial charge in [0.2, 0.25) is 0 Å². The Balaban J connectivity index is 0.929. The minimum atomic E-state index is -3.24. The number of anilines is 2. The summed E-state index contributed by atoms with van der Waals surface area (Å²) in [5.41, 5.74) is 4.32. The number of rotatable bonds is 9. The Kier molecular flexibility index (Phi) is 8.99. The van der Waals surface area contributed by atoms with Crippen molar-refractivity contribution >= 4 is 34.4 Å². The molecule has 54 heavy (non-hydrogen) atoms. The van der Waals surface area contributed by atoms with Crippen LogP contribution in [0.1, 0.15) is 11.1 Å². The Bertz CT molecular complexity index is 2280. The molecule has 0 atom stereocenters. The van der Waals surface area contributed by atoms with Gasteiger partial charge >= 0.3 is 0 Å². The summed E-state index contributed by atoms with van der Waals surface area (Å²) in [6, 6.07) is 57.0. The molecule has 7 aromatic carbocycles. The van der Waals surface area contributed by atoms with Crippen molar-refractivity contribution in [2.75, 3.05) is 23.3 Å². The van der Waals surface area contributed by atoms with E-state index in [1.165, 1.54) is 0 Å². The highest BCUT2D eigenvalue weighted by atomic mass is 31.2. The second-order valence-electron chi connectivity index (χ2n) is 13.3. The Morgan fingerprint density at radius 2 is 0.796 bits per heavy atom. The van der Waals surface area contributed by atoms with Crippen molar-refractivity contribution in [2.24, 2.45) is 0 Å². The molecule has 2 aliphatic heterocycles. The summed E-state index contributed by atoms with van der Waals surface area (Å²) in [6.07, 6.45) is 0. The zero-order chi connectivity index (χ0) is 36.3. The summed E-state index contributed by atoms with van der Waals surface area (Å²) in [5, 5.41) is 2.18. The van der Waals surface area contributed by atoms with Gasteiger partial charge in [-0.15, -0.1) is 0 Å². The molecule has 7 aromatic rings. The van der Waals surface area contributed by atoms with Gasteiger partial charge in [0.15, 0.2) is 20.6 Å². The molecule has 0 radical (unpaired) electrons. The minimum absolute atomic E-state index is 0.495. The molecule has 0 N–H and O–H groups in total. The van der Waals surface area contributed by atoms with Crippen LogP contribution in [-0.2, 0) is 17.7 Å². The summed E-state index contributed by atoms with van der Waals surface area (Å²) in [4.78, 5) is 4.37. The molecule has 2 aliphatic rings. The van der Waals surface area contributed by atoms with Crippen LogP contribution in [0, 0.1) is 0 Å². The van der Waals surface area contributed by atoms with Gasteiger partial charge in [0.25, 0.3) is 0 Å². The molecule has 7 nitrogen and oxygen atoms in total. The Labute approximate surface area is 314 Å². The second-order valence-corrected chi connectivity index (χ2v) is 16.1. The molecular weight excluding hydrogens is 691 g/mol. The highest BCUT2D eigenvalue weighted by molar-refractivity contribution is 7.85. The standard InChI is InChI=1S/C46H37N2O5P/c49-54(42-14-8-3-9-15-42,43-22-16-38(17-23-43)52-40-20-26-45-34(28-40)30-47(32-50-45)36-10-4-1-5-11-36)44-24-18-39(19-25-44)53-41-21-27-46-35(29-41)31-48(33-51-46)37-12-6-2-7-13-37/h1-29H,30-33H2. The molecule has 2 heterocycles. The van der Waals surface area contributed by atoms with Gasteiger partial charge in [-0.25, -0.2) is 0 Å². The van der Waals surface area contributed by atoms with E-state index < -0.39 is 7.14 Å². The largest absolute Gasteiger partial charge is 0.473 e. The fraction of sp³-hybridized carbons (Fsp3) is 0.0870. The summed E-state index contributed by atoms with van der Waals surface area (Å²) in [5.74, 6) is 4.45. The zero-order valence-corrected chi connectivity index (χ0v) is 30.3. The SMILES string of the molecule is O=P(c1ccccc1)(c1ccc(Oc2ccc3c(c2)CN(c2ccccc2)CO3)cc1)c1ccc(Oc2ccc3c(c2)CN(c2ccccc2)CO3)cc1. The number of benzene rings is 7. The smallest absolute Gasteiger partial charge is 0.171 e. The van der Waals surface area contributed by atoms with Gasteiger partial charge in [-0.05, 0) is 109 Å². The van der Waals surface area contributed by atoms with Crippen molar-refractivity contribution in [1.82, 2.24) is 0 Å². The van der Waals surface area contributed by atoms with Crippen molar-refractivity contribution in [1.29, 1.82) is 0 Å². The number of nitrogens with zero attached hydrogens (tertiary/aromatic N) is 2. The van der Waals surface area contributed by atoms with Crippen LogP contribution in [0.3, 0.4) is 0 Å². The highest BCUT2D eigenvalue weighted by Gasteiger charge is 2.30. The second kappa shape index (κ2) is 14.5. The predicted octanol–water partition coefficient (Wildman–Crippen LogP) is 9.62. The first-order chi connectivity index (χ1) is 26.6. The van der Waals surface area contributed by atoms with Crippen molar-refractivity contribution < 1.29 is 23.5 Å². The molecule has 0 saturated carbocycles. The number of para-hydroxylation sites is 2. The topological polar surface area (TPSA) is 60.5 Å². The van der Waals surface area contributed by atoms with E-state index in [-0.39, 0.29) is 0 Å². The van der Waals surface area contributed by atoms with E-state index in [0.717, 1.165) is 52.4 Å². The predicted molar refractivity (Wildman–Crippen MR) is 215 cm³/mol. The number of hydrogen-bond donors (Lipinski definition) is 0. The fourth-order valence-corrected chi connectivity index (χ4v) is 9.60. The lowest BCUT2D eigenvalue weighted by Gasteiger charge is -2.31. The number of fused-ring (bicyclic) bond motifs is 2. The van der Waals surface area contributed by atoms with E-state index in [9.17, 15) is 0 Å². The Morgan fingerprint density at radius 3 is 1.22 bits per heavy atom. The van der Waals surface area contributed by atoms with E-state index in [1.54, 1.807) is 0 Å². The first-order valence-corrected chi connectivity index (χ1v) is 19.6. The third-order valence-electron chi connectivity index (χ3n) is 9.77. The van der Waals surface area contributed by atoms with E-state index in [1.807, 2.05) is 152 Å². The van der Waals surface area contributed by atoms with Crippen molar-refractivity contribution in [2.45, 2.75) is 13.1 Å². The van der Waals surface area contributed by atoms with Gasteiger partial charge in [0.05, 0.1) is 0 Å². The maximum Gasteiger partial charge on any atom is 0.171 e. The van der Waals surface area contributed by atoms with Gasteiger partial charge in [0, 0.05) is 51.5 Å². The van der Waals surface area contributed by atoms with Gasteiger partial charge < -0.3 is 33.3 Å². The lowest BCUT2D eigenvalue weighted by Crippen LogP contribution is -2.31. The number of ether oxygens (including phenoxy) is 4. The number of hydrogen-bond acceptors (Lipinski definition) is 7. The quantitative estimate of drug-likeness (QED) is 0.137. The Hall–Kier alpha value is -6.43. The fourth-order valence-electron chi connectivity index (χ4n) is 6.98. The maximum atomic E-state index is 15.3. The van der Waals surface area contributed by atoms with Crippen LogP contribution in [-0.4, -0.2) is 13.5 Å². The normalized spacial score (nSPS) is 13.6.